The highest BCUT2D eigenvalue weighted by Gasteiger charge is 2.13. The van der Waals surface area contributed by atoms with Gasteiger partial charge in [-0.15, -0.1) is 0 Å². The number of aromatic nitrogens is 2. The number of benzene rings is 1. The van der Waals surface area contributed by atoms with Crippen molar-refractivity contribution in [3.05, 3.63) is 47.7 Å². The summed E-state index contributed by atoms with van der Waals surface area (Å²) in [5, 5.41) is 11.0. The van der Waals surface area contributed by atoms with E-state index in [1.54, 1.807) is 31.1 Å². The predicted molar refractivity (Wildman–Crippen MR) is 97.2 cm³/mol. The summed E-state index contributed by atoms with van der Waals surface area (Å²) in [7, 11) is 3.27. The Kier molecular flexibility index (Phi) is 6.22. The summed E-state index contributed by atoms with van der Waals surface area (Å²) in [4.78, 5) is 25.2. The smallest absolute Gasteiger partial charge is 0.253 e. The summed E-state index contributed by atoms with van der Waals surface area (Å²) >= 11 is 0. The van der Waals surface area contributed by atoms with Gasteiger partial charge in [0.2, 0.25) is 5.91 Å². The summed E-state index contributed by atoms with van der Waals surface area (Å²) in [5.74, 6) is 0.141. The van der Waals surface area contributed by atoms with Crippen molar-refractivity contribution in [3.63, 3.8) is 0 Å². The van der Waals surface area contributed by atoms with Crippen molar-refractivity contribution in [2.45, 2.75) is 26.2 Å². The topological polar surface area (TPSA) is 75.2 Å². The van der Waals surface area contributed by atoms with Crippen LogP contribution < -0.4 is 5.32 Å². The molecule has 0 fully saturated rings. The van der Waals surface area contributed by atoms with E-state index in [4.69, 9.17) is 0 Å². The van der Waals surface area contributed by atoms with E-state index >= 15 is 0 Å². The summed E-state index contributed by atoms with van der Waals surface area (Å²) in [5.41, 5.74) is 3.21. The highest BCUT2D eigenvalue weighted by molar-refractivity contribution is 5.94. The van der Waals surface area contributed by atoms with Crippen molar-refractivity contribution >= 4 is 11.8 Å². The minimum atomic E-state index is -0.114. The number of nitrogens with one attached hydrogen (secondary N) is 1. The third-order valence-electron chi connectivity index (χ3n) is 4.00. The van der Waals surface area contributed by atoms with E-state index in [1.165, 1.54) is 0 Å². The molecule has 2 rings (SSSR count). The van der Waals surface area contributed by atoms with Crippen molar-refractivity contribution in [1.29, 1.82) is 0 Å². The molecule has 0 bridgehead atoms. The van der Waals surface area contributed by atoms with Crippen LogP contribution in [0.1, 0.15) is 42.2 Å². The molecular formula is C19H24N4O2. The Morgan fingerprint density at radius 3 is 2.28 bits per heavy atom. The summed E-state index contributed by atoms with van der Waals surface area (Å²) in [6.45, 7) is 4.53. The number of carbonyl (C=O) groups is 2. The molecule has 132 valence electrons. The molecule has 1 heterocycles. The van der Waals surface area contributed by atoms with Crippen LogP contribution in [0.2, 0.25) is 0 Å². The molecule has 0 radical (unpaired) electrons. The molecule has 0 atom stereocenters. The highest BCUT2D eigenvalue weighted by Crippen LogP contribution is 2.19. The van der Waals surface area contributed by atoms with Crippen molar-refractivity contribution in [2.75, 3.05) is 20.6 Å². The molecule has 0 saturated carbocycles. The lowest BCUT2D eigenvalue weighted by molar-refractivity contribution is -0.120. The van der Waals surface area contributed by atoms with Gasteiger partial charge in [0.15, 0.2) is 0 Å². The second kappa shape index (κ2) is 8.37. The van der Waals surface area contributed by atoms with E-state index < -0.39 is 0 Å². The van der Waals surface area contributed by atoms with Gasteiger partial charge in [0, 0.05) is 38.2 Å². The molecule has 1 aromatic heterocycles. The van der Waals surface area contributed by atoms with Crippen molar-refractivity contribution in [2.24, 2.45) is 0 Å². The monoisotopic (exact) mass is 340 g/mol. The second-order valence-corrected chi connectivity index (χ2v) is 6.23. The lowest BCUT2D eigenvalue weighted by Gasteiger charge is -2.16. The SMILES string of the molecule is CNC(=O)CCN(C)C(=O)c1ccc(-c2ccc(C(C)C)nn2)cc1. The molecule has 0 aliphatic carbocycles. The lowest BCUT2D eigenvalue weighted by atomic mass is 10.1. The van der Waals surface area contributed by atoms with E-state index in [0.717, 1.165) is 17.0 Å². The van der Waals surface area contributed by atoms with Crippen LogP contribution in [-0.4, -0.2) is 47.6 Å². The maximum atomic E-state index is 12.4. The molecule has 2 amide bonds. The fourth-order valence-electron chi connectivity index (χ4n) is 2.30. The number of hydrogen-bond acceptors (Lipinski definition) is 4. The van der Waals surface area contributed by atoms with Crippen LogP contribution in [0.15, 0.2) is 36.4 Å². The first-order valence-electron chi connectivity index (χ1n) is 8.32. The van der Waals surface area contributed by atoms with Crippen LogP contribution >= 0.6 is 0 Å². The fraction of sp³-hybridized carbons (Fsp3) is 0.368. The van der Waals surface area contributed by atoms with Gasteiger partial charge in [-0.25, -0.2) is 0 Å². The molecule has 25 heavy (non-hydrogen) atoms. The van der Waals surface area contributed by atoms with Gasteiger partial charge in [0.1, 0.15) is 0 Å². The maximum absolute atomic E-state index is 12.4. The lowest BCUT2D eigenvalue weighted by Crippen LogP contribution is -2.31. The first-order valence-corrected chi connectivity index (χ1v) is 8.32. The molecule has 6 nitrogen and oxygen atoms in total. The largest absolute Gasteiger partial charge is 0.359 e. The first kappa shape index (κ1) is 18.6. The van der Waals surface area contributed by atoms with Crippen molar-refractivity contribution in [1.82, 2.24) is 20.4 Å². The Labute approximate surface area is 148 Å². The minimum absolute atomic E-state index is 0.0848. The van der Waals surface area contributed by atoms with Gasteiger partial charge in [-0.1, -0.05) is 26.0 Å². The third-order valence-corrected chi connectivity index (χ3v) is 4.00. The molecule has 0 aliphatic rings. The molecule has 1 aromatic carbocycles. The van der Waals surface area contributed by atoms with Crippen LogP contribution in [0, 0.1) is 0 Å². The van der Waals surface area contributed by atoms with Crippen LogP contribution in [0.3, 0.4) is 0 Å². The summed E-state index contributed by atoms with van der Waals surface area (Å²) in [6.07, 6.45) is 0.286. The van der Waals surface area contributed by atoms with Crippen molar-refractivity contribution in [3.8, 4) is 11.3 Å². The molecule has 0 unspecified atom stereocenters. The average molecular weight is 340 g/mol. The Morgan fingerprint density at radius 1 is 1.08 bits per heavy atom. The quantitative estimate of drug-likeness (QED) is 0.876. The zero-order valence-corrected chi connectivity index (χ0v) is 15.1. The molecule has 0 aliphatic heterocycles. The Hall–Kier alpha value is -2.76. The fourth-order valence-corrected chi connectivity index (χ4v) is 2.30. The number of carbonyl (C=O) groups excluding carboxylic acids is 2. The Balaban J connectivity index is 2.05. The zero-order chi connectivity index (χ0) is 18.4. The summed E-state index contributed by atoms with van der Waals surface area (Å²) in [6, 6.07) is 11.2. The molecule has 0 spiro atoms. The Morgan fingerprint density at radius 2 is 1.76 bits per heavy atom. The third kappa shape index (κ3) is 4.86. The van der Waals surface area contributed by atoms with E-state index in [0.29, 0.717) is 18.0 Å². The van der Waals surface area contributed by atoms with Gasteiger partial charge < -0.3 is 10.2 Å². The van der Waals surface area contributed by atoms with Gasteiger partial charge in [0.05, 0.1) is 11.4 Å². The van der Waals surface area contributed by atoms with Gasteiger partial charge >= 0.3 is 0 Å². The number of amides is 2. The molecule has 0 saturated heterocycles. The van der Waals surface area contributed by atoms with Crippen molar-refractivity contribution < 1.29 is 9.59 Å². The van der Waals surface area contributed by atoms with E-state index in [2.05, 4.69) is 29.4 Å². The maximum Gasteiger partial charge on any atom is 0.253 e. The van der Waals surface area contributed by atoms with Crippen LogP contribution in [0.5, 0.6) is 0 Å². The molecule has 2 aromatic rings. The minimum Gasteiger partial charge on any atom is -0.359 e. The number of rotatable bonds is 6. The van der Waals surface area contributed by atoms with Gasteiger partial charge in [-0.3, -0.25) is 9.59 Å². The van der Waals surface area contributed by atoms with Gasteiger partial charge in [-0.2, -0.15) is 10.2 Å². The second-order valence-electron chi connectivity index (χ2n) is 6.23. The number of hydrogen-bond donors (Lipinski definition) is 1. The van der Waals surface area contributed by atoms with Gasteiger partial charge in [-0.05, 0) is 30.2 Å². The standard InChI is InChI=1S/C19H24N4O2/c1-13(2)16-9-10-17(22-21-16)14-5-7-15(8-6-14)19(25)23(4)12-11-18(24)20-3/h5-10,13H,11-12H2,1-4H3,(H,20,24). The van der Waals surface area contributed by atoms with Gasteiger partial charge in [0.25, 0.3) is 5.91 Å². The van der Waals surface area contributed by atoms with Crippen LogP contribution in [-0.2, 0) is 4.79 Å². The predicted octanol–water partition coefficient (Wildman–Crippen LogP) is 2.48. The van der Waals surface area contributed by atoms with E-state index in [1.807, 2.05) is 24.3 Å². The molecular weight excluding hydrogens is 316 g/mol. The zero-order valence-electron chi connectivity index (χ0n) is 15.1. The molecule has 1 N–H and O–H groups in total. The number of nitrogens with zero attached hydrogens (tertiary/aromatic N) is 3. The first-order chi connectivity index (χ1) is 11.9. The normalized spacial score (nSPS) is 10.6. The van der Waals surface area contributed by atoms with Crippen LogP contribution in [0.4, 0.5) is 0 Å². The van der Waals surface area contributed by atoms with E-state index in [-0.39, 0.29) is 18.2 Å². The molecule has 6 heteroatoms. The van der Waals surface area contributed by atoms with Crippen LogP contribution in [0.25, 0.3) is 11.3 Å². The summed E-state index contributed by atoms with van der Waals surface area (Å²) < 4.78 is 0. The van der Waals surface area contributed by atoms with E-state index in [9.17, 15) is 9.59 Å². The average Bonchev–Trinajstić information content (AvgIpc) is 2.65. The Bertz CT molecular complexity index is 724. The highest BCUT2D eigenvalue weighted by atomic mass is 16.2.